The lowest BCUT2D eigenvalue weighted by Gasteiger charge is -2.28. The molecule has 9 heteroatoms. The lowest BCUT2D eigenvalue weighted by Crippen LogP contribution is -2.44. The van der Waals surface area contributed by atoms with Gasteiger partial charge in [-0.25, -0.2) is 18.5 Å². The van der Waals surface area contributed by atoms with E-state index in [1.165, 1.54) is 12.1 Å². The van der Waals surface area contributed by atoms with Gasteiger partial charge in [-0.15, -0.1) is 0 Å². The maximum atomic E-state index is 13.5. The molecule has 0 radical (unpaired) electrons. The third-order valence-electron chi connectivity index (χ3n) is 5.83. The quantitative estimate of drug-likeness (QED) is 0.573. The highest BCUT2D eigenvalue weighted by Gasteiger charge is 2.28. The molecule has 1 atom stereocenters. The fraction of sp³-hybridized carbons (Fsp3) is 0.391. The number of hydrogen-bond acceptors (Lipinski definition) is 6. The molecule has 0 saturated carbocycles. The molecular formula is C23H28N4O3S2. The van der Waals surface area contributed by atoms with E-state index in [0.717, 1.165) is 46.3 Å². The standard InChI is InChI=1S/C23H28N4O3S2/c1-15-12-16(2)21-20(13-15)26-23(31-21)27(22(28)18-4-3-10-25-14-18)11-9-17-5-7-19(8-6-17)32(24,29)30/h5-8,12-13,18,25H,3-4,9-11,14H2,1-2H3,(H2,24,29,30). The van der Waals surface area contributed by atoms with Crippen molar-refractivity contribution in [2.75, 3.05) is 24.5 Å². The monoisotopic (exact) mass is 472 g/mol. The van der Waals surface area contributed by atoms with Gasteiger partial charge in [0.05, 0.1) is 21.0 Å². The number of nitrogens with two attached hydrogens (primary N) is 1. The minimum atomic E-state index is -3.72. The number of nitrogens with one attached hydrogen (secondary N) is 1. The van der Waals surface area contributed by atoms with Crippen molar-refractivity contribution in [2.24, 2.45) is 11.1 Å². The van der Waals surface area contributed by atoms with Crippen LogP contribution in [0.15, 0.2) is 41.3 Å². The van der Waals surface area contributed by atoms with Crippen molar-refractivity contribution in [2.45, 2.75) is 38.0 Å². The normalized spacial score (nSPS) is 16.9. The van der Waals surface area contributed by atoms with Gasteiger partial charge in [0.1, 0.15) is 0 Å². The highest BCUT2D eigenvalue weighted by molar-refractivity contribution is 7.89. The van der Waals surface area contributed by atoms with Crippen molar-refractivity contribution < 1.29 is 13.2 Å². The fourth-order valence-corrected chi connectivity index (χ4v) is 5.71. The Bertz CT molecular complexity index is 1230. The molecule has 3 aromatic rings. The minimum absolute atomic E-state index is 0.0663. The average molecular weight is 473 g/mol. The van der Waals surface area contributed by atoms with Crippen LogP contribution < -0.4 is 15.4 Å². The number of carbonyl (C=O) groups is 1. The van der Waals surface area contributed by atoms with E-state index in [0.29, 0.717) is 24.6 Å². The first-order valence-corrected chi connectivity index (χ1v) is 13.1. The Balaban J connectivity index is 1.62. The number of hydrogen-bond donors (Lipinski definition) is 2. The number of piperidine rings is 1. The number of anilines is 1. The molecule has 0 aliphatic carbocycles. The number of amides is 1. The summed E-state index contributed by atoms with van der Waals surface area (Å²) < 4.78 is 24.1. The van der Waals surface area contributed by atoms with E-state index in [2.05, 4.69) is 24.4 Å². The minimum Gasteiger partial charge on any atom is -0.316 e. The molecule has 32 heavy (non-hydrogen) atoms. The molecule has 2 heterocycles. The molecule has 1 amide bonds. The van der Waals surface area contributed by atoms with Gasteiger partial charge in [-0.3, -0.25) is 9.69 Å². The molecule has 1 fully saturated rings. The van der Waals surface area contributed by atoms with Gasteiger partial charge >= 0.3 is 0 Å². The summed E-state index contributed by atoms with van der Waals surface area (Å²) in [5.74, 6) is 0.0233. The average Bonchev–Trinajstić information content (AvgIpc) is 3.18. The summed E-state index contributed by atoms with van der Waals surface area (Å²) in [5, 5.41) is 9.23. The first-order valence-electron chi connectivity index (χ1n) is 10.7. The zero-order valence-corrected chi connectivity index (χ0v) is 19.9. The Hall–Kier alpha value is -2.33. The lowest BCUT2D eigenvalue weighted by atomic mass is 9.98. The fourth-order valence-electron chi connectivity index (χ4n) is 4.15. The number of aromatic nitrogens is 1. The summed E-state index contributed by atoms with van der Waals surface area (Å²) in [5.41, 5.74) is 4.16. The Morgan fingerprint density at radius 1 is 1.25 bits per heavy atom. The Labute approximate surface area is 192 Å². The molecule has 170 valence electrons. The first kappa shape index (κ1) is 22.8. The number of nitrogens with zero attached hydrogens (tertiary/aromatic N) is 2. The van der Waals surface area contributed by atoms with Crippen LogP contribution in [-0.4, -0.2) is 38.9 Å². The SMILES string of the molecule is Cc1cc(C)c2sc(N(CCc3ccc(S(N)(=O)=O)cc3)C(=O)C3CCCNC3)nc2c1. The molecule has 4 rings (SSSR count). The van der Waals surface area contributed by atoms with Crippen molar-refractivity contribution >= 4 is 42.6 Å². The maximum absolute atomic E-state index is 13.5. The number of aryl methyl sites for hydroxylation is 2. The van der Waals surface area contributed by atoms with Gasteiger partial charge in [0, 0.05) is 13.1 Å². The topological polar surface area (TPSA) is 105 Å². The van der Waals surface area contributed by atoms with Crippen LogP contribution >= 0.6 is 11.3 Å². The molecule has 3 N–H and O–H groups in total. The van der Waals surface area contributed by atoms with Crippen molar-refractivity contribution in [1.29, 1.82) is 0 Å². The summed E-state index contributed by atoms with van der Waals surface area (Å²) >= 11 is 1.55. The molecule has 1 saturated heterocycles. The second-order valence-electron chi connectivity index (χ2n) is 8.40. The summed E-state index contributed by atoms with van der Waals surface area (Å²) in [6.07, 6.45) is 2.44. The Morgan fingerprint density at radius 2 is 2.00 bits per heavy atom. The van der Waals surface area contributed by atoms with E-state index in [-0.39, 0.29) is 16.7 Å². The summed E-state index contributed by atoms with van der Waals surface area (Å²) in [7, 11) is -3.72. The number of sulfonamides is 1. The van der Waals surface area contributed by atoms with Crippen LogP contribution in [0.1, 0.15) is 29.5 Å². The van der Waals surface area contributed by atoms with Gasteiger partial charge < -0.3 is 5.32 Å². The van der Waals surface area contributed by atoms with Crippen molar-refractivity contribution in [1.82, 2.24) is 10.3 Å². The van der Waals surface area contributed by atoms with Gasteiger partial charge in [-0.1, -0.05) is 29.5 Å². The highest BCUT2D eigenvalue weighted by Crippen LogP contribution is 2.33. The zero-order chi connectivity index (χ0) is 22.9. The summed E-state index contributed by atoms with van der Waals surface area (Å²) in [4.78, 5) is 20.2. The molecular weight excluding hydrogens is 444 g/mol. The largest absolute Gasteiger partial charge is 0.316 e. The number of thiazole rings is 1. The van der Waals surface area contributed by atoms with Crippen LogP contribution in [-0.2, 0) is 21.2 Å². The van der Waals surface area contributed by atoms with E-state index in [1.54, 1.807) is 23.5 Å². The van der Waals surface area contributed by atoms with Crippen LogP contribution in [0.4, 0.5) is 5.13 Å². The van der Waals surface area contributed by atoms with Gasteiger partial charge in [0.15, 0.2) is 5.13 Å². The molecule has 1 aliphatic rings. The van der Waals surface area contributed by atoms with Gasteiger partial charge in [-0.05, 0) is 74.5 Å². The van der Waals surface area contributed by atoms with Gasteiger partial charge in [0.25, 0.3) is 0 Å². The van der Waals surface area contributed by atoms with Crippen molar-refractivity contribution in [3.05, 3.63) is 53.1 Å². The van der Waals surface area contributed by atoms with Gasteiger partial charge in [0.2, 0.25) is 15.9 Å². The predicted octanol–water partition coefficient (Wildman–Crippen LogP) is 3.14. The lowest BCUT2D eigenvalue weighted by molar-refractivity contribution is -0.122. The summed E-state index contributed by atoms with van der Waals surface area (Å²) in [6, 6.07) is 10.7. The highest BCUT2D eigenvalue weighted by atomic mass is 32.2. The molecule has 1 aliphatic heterocycles. The van der Waals surface area contributed by atoms with E-state index in [9.17, 15) is 13.2 Å². The maximum Gasteiger partial charge on any atom is 0.238 e. The van der Waals surface area contributed by atoms with Gasteiger partial charge in [-0.2, -0.15) is 0 Å². The number of benzene rings is 2. The Kier molecular flexibility index (Phi) is 6.62. The number of rotatable bonds is 6. The smallest absolute Gasteiger partial charge is 0.238 e. The van der Waals surface area contributed by atoms with Crippen LogP contribution in [0.3, 0.4) is 0 Å². The molecule has 2 aromatic carbocycles. The predicted molar refractivity (Wildman–Crippen MR) is 129 cm³/mol. The molecule has 7 nitrogen and oxygen atoms in total. The van der Waals surface area contributed by atoms with Crippen LogP contribution in [0.2, 0.25) is 0 Å². The van der Waals surface area contributed by atoms with E-state index < -0.39 is 10.0 Å². The number of carbonyl (C=O) groups excluding carboxylic acids is 1. The van der Waals surface area contributed by atoms with Crippen LogP contribution in [0.5, 0.6) is 0 Å². The second kappa shape index (κ2) is 9.27. The molecule has 1 unspecified atom stereocenters. The van der Waals surface area contributed by atoms with Crippen molar-refractivity contribution in [3.8, 4) is 0 Å². The zero-order valence-electron chi connectivity index (χ0n) is 18.3. The summed E-state index contributed by atoms with van der Waals surface area (Å²) in [6.45, 7) is 6.22. The Morgan fingerprint density at radius 3 is 2.66 bits per heavy atom. The number of primary sulfonamides is 1. The molecule has 0 bridgehead atoms. The van der Waals surface area contributed by atoms with E-state index in [1.807, 2.05) is 11.8 Å². The number of fused-ring (bicyclic) bond motifs is 1. The van der Waals surface area contributed by atoms with Crippen molar-refractivity contribution in [3.63, 3.8) is 0 Å². The molecule has 0 spiro atoms. The third kappa shape index (κ3) is 5.01. The molecule has 1 aromatic heterocycles. The van der Waals surface area contributed by atoms with Crippen LogP contribution in [0, 0.1) is 19.8 Å². The second-order valence-corrected chi connectivity index (χ2v) is 10.9. The van der Waals surface area contributed by atoms with E-state index in [4.69, 9.17) is 10.1 Å². The first-order chi connectivity index (χ1) is 15.2. The van der Waals surface area contributed by atoms with E-state index >= 15 is 0 Å². The third-order valence-corrected chi connectivity index (χ3v) is 7.99. The van der Waals surface area contributed by atoms with Crippen LogP contribution in [0.25, 0.3) is 10.2 Å².